The molecule has 186 valence electrons. The molecule has 1 aromatic heterocycles. The third-order valence-electron chi connectivity index (χ3n) is 4.46. The molecule has 2 aromatic carbocycles. The number of rotatable bonds is 7. The summed E-state index contributed by atoms with van der Waals surface area (Å²) in [5.41, 5.74) is 1.17. The maximum absolute atomic E-state index is 12.7. The Morgan fingerprint density at radius 1 is 0.971 bits per heavy atom. The normalized spacial score (nSPS) is 11.5. The Kier molecular flexibility index (Phi) is 7.37. The highest BCUT2D eigenvalue weighted by atomic mass is 19.4. The summed E-state index contributed by atoms with van der Waals surface area (Å²) < 4.78 is 52.1. The van der Waals surface area contributed by atoms with E-state index in [1.165, 1.54) is 32.4 Å². The van der Waals surface area contributed by atoms with Crippen LogP contribution in [0.4, 0.5) is 30.6 Å². The van der Waals surface area contributed by atoms with Gasteiger partial charge < -0.3 is 24.8 Å². The first kappa shape index (κ1) is 25.6. The minimum atomic E-state index is -4.81. The van der Waals surface area contributed by atoms with Gasteiger partial charge in [-0.05, 0) is 45.0 Å². The molecule has 0 spiro atoms. The molecular formula is C24H25F3N4O4. The lowest BCUT2D eigenvalue weighted by atomic mass is 10.1. The number of benzene rings is 2. The van der Waals surface area contributed by atoms with E-state index in [1.54, 1.807) is 30.3 Å². The molecule has 35 heavy (non-hydrogen) atoms. The van der Waals surface area contributed by atoms with E-state index in [1.807, 2.05) is 20.8 Å². The maximum Gasteiger partial charge on any atom is 0.573 e. The van der Waals surface area contributed by atoms with Gasteiger partial charge in [0.25, 0.3) is 0 Å². The van der Waals surface area contributed by atoms with Crippen molar-refractivity contribution in [1.82, 2.24) is 9.97 Å². The van der Waals surface area contributed by atoms with Gasteiger partial charge in [0.2, 0.25) is 5.95 Å². The van der Waals surface area contributed by atoms with Crippen molar-refractivity contribution in [2.75, 3.05) is 24.9 Å². The molecule has 11 heteroatoms. The van der Waals surface area contributed by atoms with Crippen LogP contribution >= 0.6 is 0 Å². The summed E-state index contributed by atoms with van der Waals surface area (Å²) in [5, 5.41) is 6.28. The Bertz CT molecular complexity index is 1210. The Balaban J connectivity index is 2.01. The van der Waals surface area contributed by atoms with Crippen LogP contribution in [0.3, 0.4) is 0 Å². The molecule has 8 nitrogen and oxygen atoms in total. The number of hydrogen-bond acceptors (Lipinski definition) is 8. The van der Waals surface area contributed by atoms with E-state index in [9.17, 15) is 18.0 Å². The molecule has 0 atom stereocenters. The van der Waals surface area contributed by atoms with E-state index in [2.05, 4.69) is 25.3 Å². The van der Waals surface area contributed by atoms with Gasteiger partial charge in [-0.25, -0.2) is 9.78 Å². The quantitative estimate of drug-likeness (QED) is 0.402. The number of hydrogen-bond donors (Lipinski definition) is 2. The number of esters is 1. The van der Waals surface area contributed by atoms with E-state index in [4.69, 9.17) is 9.47 Å². The lowest BCUT2D eigenvalue weighted by Gasteiger charge is -2.21. The molecule has 0 unspecified atom stereocenters. The second kappa shape index (κ2) is 10.1. The van der Waals surface area contributed by atoms with Crippen LogP contribution in [-0.4, -0.2) is 42.1 Å². The van der Waals surface area contributed by atoms with Gasteiger partial charge in [-0.1, -0.05) is 12.1 Å². The fourth-order valence-corrected chi connectivity index (χ4v) is 3.10. The first-order chi connectivity index (χ1) is 16.4. The van der Waals surface area contributed by atoms with Gasteiger partial charge in [0.1, 0.15) is 22.9 Å². The number of carbonyl (C=O) groups is 1. The van der Waals surface area contributed by atoms with Crippen molar-refractivity contribution in [3.8, 4) is 22.8 Å². The zero-order chi connectivity index (χ0) is 25.8. The van der Waals surface area contributed by atoms with E-state index < -0.39 is 12.3 Å². The van der Waals surface area contributed by atoms with Crippen molar-refractivity contribution < 1.29 is 32.2 Å². The number of nitrogens with zero attached hydrogens (tertiary/aromatic N) is 2. The minimum absolute atomic E-state index is 0.250. The predicted molar refractivity (Wildman–Crippen MR) is 125 cm³/mol. The van der Waals surface area contributed by atoms with E-state index in [0.717, 1.165) is 0 Å². The van der Waals surface area contributed by atoms with Gasteiger partial charge in [0.15, 0.2) is 0 Å². The van der Waals surface area contributed by atoms with Crippen LogP contribution in [0.1, 0.15) is 31.1 Å². The topological polar surface area (TPSA) is 94.6 Å². The predicted octanol–water partition coefficient (Wildman–Crippen LogP) is 5.79. The summed E-state index contributed by atoms with van der Waals surface area (Å²) in [6, 6.07) is 11.9. The molecule has 0 aliphatic rings. The van der Waals surface area contributed by atoms with Crippen LogP contribution in [0.2, 0.25) is 0 Å². The van der Waals surface area contributed by atoms with Gasteiger partial charge in [-0.2, -0.15) is 4.98 Å². The third kappa shape index (κ3) is 7.23. The van der Waals surface area contributed by atoms with Crippen LogP contribution in [0.5, 0.6) is 11.5 Å². The Morgan fingerprint density at radius 2 is 1.71 bits per heavy atom. The van der Waals surface area contributed by atoms with Crippen molar-refractivity contribution in [3.63, 3.8) is 0 Å². The summed E-state index contributed by atoms with van der Waals surface area (Å²) in [4.78, 5) is 20.9. The molecule has 0 fully saturated rings. The summed E-state index contributed by atoms with van der Waals surface area (Å²) in [6.07, 6.45) is -4.81. The SMILES string of the molecule is COC(=O)c1ccc(Nc2cc(-c3cccc(OC(F)(F)F)c3)nc(NC(C)(C)C)n2)cc1OC. The van der Waals surface area contributed by atoms with Gasteiger partial charge in [0.05, 0.1) is 19.9 Å². The zero-order valence-corrected chi connectivity index (χ0v) is 19.8. The number of aromatic nitrogens is 2. The molecule has 0 saturated heterocycles. The average molecular weight is 490 g/mol. The smallest absolute Gasteiger partial charge is 0.496 e. The first-order valence-corrected chi connectivity index (χ1v) is 10.4. The highest BCUT2D eigenvalue weighted by Crippen LogP contribution is 2.31. The van der Waals surface area contributed by atoms with Gasteiger partial charge in [0, 0.05) is 28.9 Å². The molecule has 1 heterocycles. The molecule has 3 aromatic rings. The number of anilines is 3. The maximum atomic E-state index is 12.7. The minimum Gasteiger partial charge on any atom is -0.496 e. The summed E-state index contributed by atoms with van der Waals surface area (Å²) in [5.74, 6) is 0.00246. The number of methoxy groups -OCH3 is 2. The van der Waals surface area contributed by atoms with Crippen molar-refractivity contribution in [2.24, 2.45) is 0 Å². The zero-order valence-electron chi connectivity index (χ0n) is 19.8. The molecule has 0 aliphatic heterocycles. The van der Waals surface area contributed by atoms with Crippen LogP contribution in [-0.2, 0) is 4.74 Å². The van der Waals surface area contributed by atoms with E-state index >= 15 is 0 Å². The van der Waals surface area contributed by atoms with E-state index in [0.29, 0.717) is 28.5 Å². The van der Waals surface area contributed by atoms with Gasteiger partial charge in [-0.3, -0.25) is 0 Å². The fourth-order valence-electron chi connectivity index (χ4n) is 3.10. The van der Waals surface area contributed by atoms with Crippen LogP contribution < -0.4 is 20.1 Å². The summed E-state index contributed by atoms with van der Waals surface area (Å²) in [6.45, 7) is 5.76. The number of nitrogens with one attached hydrogen (secondary N) is 2. The molecule has 0 radical (unpaired) electrons. The molecule has 0 saturated carbocycles. The number of halogens is 3. The Morgan fingerprint density at radius 3 is 2.34 bits per heavy atom. The monoisotopic (exact) mass is 490 g/mol. The molecule has 0 amide bonds. The fraction of sp³-hybridized carbons (Fsp3) is 0.292. The lowest BCUT2D eigenvalue weighted by Crippen LogP contribution is -2.27. The Hall–Kier alpha value is -4.02. The molecular weight excluding hydrogens is 465 g/mol. The standard InChI is InChI=1S/C24H25F3N4O4/c1-23(2,3)31-22-29-18(14-7-6-8-16(11-14)35-24(25,26)27)13-20(30-22)28-15-9-10-17(21(32)34-5)19(12-15)33-4/h6-13H,1-5H3,(H2,28,29,30,31). The van der Waals surface area contributed by atoms with Crippen LogP contribution in [0, 0.1) is 0 Å². The van der Waals surface area contributed by atoms with E-state index in [-0.39, 0.29) is 22.8 Å². The van der Waals surface area contributed by atoms with Crippen molar-refractivity contribution >= 4 is 23.4 Å². The molecule has 0 bridgehead atoms. The van der Waals surface area contributed by atoms with Crippen LogP contribution in [0.15, 0.2) is 48.5 Å². The van der Waals surface area contributed by atoms with Crippen molar-refractivity contribution in [1.29, 1.82) is 0 Å². The lowest BCUT2D eigenvalue weighted by molar-refractivity contribution is -0.274. The number of carbonyl (C=O) groups excluding carboxylic acids is 1. The second-order valence-corrected chi connectivity index (χ2v) is 8.44. The highest BCUT2D eigenvalue weighted by molar-refractivity contribution is 5.93. The summed E-state index contributed by atoms with van der Waals surface area (Å²) >= 11 is 0. The molecule has 3 rings (SSSR count). The van der Waals surface area contributed by atoms with Crippen molar-refractivity contribution in [2.45, 2.75) is 32.7 Å². The highest BCUT2D eigenvalue weighted by Gasteiger charge is 2.31. The van der Waals surface area contributed by atoms with Crippen molar-refractivity contribution in [3.05, 3.63) is 54.1 Å². The first-order valence-electron chi connectivity index (χ1n) is 10.4. The number of alkyl halides is 3. The summed E-state index contributed by atoms with van der Waals surface area (Å²) in [7, 11) is 2.70. The average Bonchev–Trinajstić information content (AvgIpc) is 2.76. The molecule has 0 aliphatic carbocycles. The Labute approximate surface area is 200 Å². The third-order valence-corrected chi connectivity index (χ3v) is 4.46. The second-order valence-electron chi connectivity index (χ2n) is 8.44. The number of ether oxygens (including phenoxy) is 3. The molecule has 2 N–H and O–H groups in total. The largest absolute Gasteiger partial charge is 0.573 e. The van der Waals surface area contributed by atoms with Crippen LogP contribution in [0.25, 0.3) is 11.3 Å². The van der Waals surface area contributed by atoms with Gasteiger partial charge in [-0.15, -0.1) is 13.2 Å². The van der Waals surface area contributed by atoms with Gasteiger partial charge >= 0.3 is 12.3 Å².